The minimum Gasteiger partial charge on any atom is -0.375 e. The molecule has 0 unspecified atom stereocenters. The fraction of sp³-hybridized carbons (Fsp3) is 1.00. The van der Waals surface area contributed by atoms with Crippen molar-refractivity contribution in [3.05, 3.63) is 0 Å². The van der Waals surface area contributed by atoms with Crippen molar-refractivity contribution in [3.63, 3.8) is 0 Å². The van der Waals surface area contributed by atoms with Gasteiger partial charge in [-0.05, 0) is 0 Å². The lowest BCUT2D eigenvalue weighted by atomic mass is 10.2. The van der Waals surface area contributed by atoms with Crippen molar-refractivity contribution in [2.24, 2.45) is 0 Å². The molecule has 2 aliphatic heterocycles. The van der Waals surface area contributed by atoms with Crippen molar-refractivity contribution >= 4 is 11.8 Å². The maximum absolute atomic E-state index is 5.54. The maximum Gasteiger partial charge on any atom is 0.184 e. The van der Waals surface area contributed by atoms with Crippen LogP contribution in [0.25, 0.3) is 0 Å². The van der Waals surface area contributed by atoms with Crippen LogP contribution in [0, 0.1) is 0 Å². The molecular formula is C7H12O3S. The summed E-state index contributed by atoms with van der Waals surface area (Å²) in [5.74, 6) is 1.09. The molecule has 3 nitrogen and oxygen atoms in total. The first-order valence-electron chi connectivity index (χ1n) is 3.69. The third kappa shape index (κ3) is 1.09. The van der Waals surface area contributed by atoms with E-state index in [2.05, 4.69) is 0 Å². The SMILES string of the molecule is CO[C@H]1O[C@@H]2CS[C@@H]2[C@@H]1OC. The number of hydrogen-bond acceptors (Lipinski definition) is 4. The predicted molar refractivity (Wildman–Crippen MR) is 42.7 cm³/mol. The van der Waals surface area contributed by atoms with Gasteiger partial charge in [0.2, 0.25) is 0 Å². The van der Waals surface area contributed by atoms with Crippen LogP contribution in [0.4, 0.5) is 0 Å². The van der Waals surface area contributed by atoms with Crippen LogP contribution >= 0.6 is 11.8 Å². The van der Waals surface area contributed by atoms with Crippen LogP contribution in [0.2, 0.25) is 0 Å². The molecule has 2 fully saturated rings. The van der Waals surface area contributed by atoms with E-state index in [1.165, 1.54) is 0 Å². The van der Waals surface area contributed by atoms with E-state index in [1.807, 2.05) is 11.8 Å². The molecule has 2 heterocycles. The second-order valence-corrected chi connectivity index (χ2v) is 3.99. The minimum atomic E-state index is -0.148. The summed E-state index contributed by atoms with van der Waals surface area (Å²) in [6, 6.07) is 0. The average molecular weight is 176 g/mol. The molecule has 0 aromatic carbocycles. The van der Waals surface area contributed by atoms with E-state index < -0.39 is 0 Å². The number of fused-ring (bicyclic) bond motifs is 1. The first-order chi connectivity index (χ1) is 5.36. The number of ether oxygens (including phenoxy) is 3. The Morgan fingerprint density at radius 1 is 1.36 bits per heavy atom. The monoisotopic (exact) mass is 176 g/mol. The summed E-state index contributed by atoms with van der Waals surface area (Å²) in [5, 5.41) is 0.505. The molecule has 0 aromatic heterocycles. The summed E-state index contributed by atoms with van der Waals surface area (Å²) in [6.07, 6.45) is 0.351. The van der Waals surface area contributed by atoms with Crippen molar-refractivity contribution in [2.45, 2.75) is 23.7 Å². The highest BCUT2D eigenvalue weighted by molar-refractivity contribution is 8.01. The Labute approximate surface area is 70.4 Å². The molecule has 0 N–H and O–H groups in total. The third-order valence-electron chi connectivity index (χ3n) is 2.22. The number of methoxy groups -OCH3 is 2. The molecule has 11 heavy (non-hydrogen) atoms. The largest absolute Gasteiger partial charge is 0.375 e. The molecule has 2 rings (SSSR count). The summed E-state index contributed by atoms with van der Waals surface area (Å²) in [4.78, 5) is 0. The molecule has 0 radical (unpaired) electrons. The van der Waals surface area contributed by atoms with E-state index in [9.17, 15) is 0 Å². The van der Waals surface area contributed by atoms with Crippen LogP contribution in [0.15, 0.2) is 0 Å². The Hall–Kier alpha value is 0.230. The zero-order chi connectivity index (χ0) is 7.84. The smallest absolute Gasteiger partial charge is 0.184 e. The van der Waals surface area contributed by atoms with Gasteiger partial charge in [-0.2, -0.15) is 11.8 Å². The summed E-state index contributed by atoms with van der Waals surface area (Å²) in [6.45, 7) is 0. The molecule has 0 saturated carbocycles. The second-order valence-electron chi connectivity index (χ2n) is 2.78. The number of thioether (sulfide) groups is 1. The third-order valence-corrected chi connectivity index (χ3v) is 3.70. The Bertz CT molecular complexity index is 153. The zero-order valence-corrected chi connectivity index (χ0v) is 7.47. The van der Waals surface area contributed by atoms with Gasteiger partial charge in [-0.25, -0.2) is 0 Å². The van der Waals surface area contributed by atoms with Crippen LogP contribution in [0.1, 0.15) is 0 Å². The van der Waals surface area contributed by atoms with Crippen LogP contribution < -0.4 is 0 Å². The highest BCUT2D eigenvalue weighted by Crippen LogP contribution is 2.42. The lowest BCUT2D eigenvalue weighted by molar-refractivity contribution is -0.151. The van der Waals surface area contributed by atoms with E-state index >= 15 is 0 Å². The maximum atomic E-state index is 5.54. The van der Waals surface area contributed by atoms with Crippen LogP contribution in [0.3, 0.4) is 0 Å². The van der Waals surface area contributed by atoms with Gasteiger partial charge in [-0.3, -0.25) is 0 Å². The molecule has 0 amide bonds. The van der Waals surface area contributed by atoms with Gasteiger partial charge < -0.3 is 14.2 Å². The van der Waals surface area contributed by atoms with Crippen molar-refractivity contribution < 1.29 is 14.2 Å². The topological polar surface area (TPSA) is 27.7 Å². The molecule has 64 valence electrons. The van der Waals surface area contributed by atoms with Crippen LogP contribution in [-0.4, -0.2) is 43.7 Å². The Balaban J connectivity index is 2.02. The fourth-order valence-electron chi connectivity index (χ4n) is 1.55. The first-order valence-corrected chi connectivity index (χ1v) is 4.74. The summed E-state index contributed by atoms with van der Waals surface area (Å²) < 4.78 is 16.0. The van der Waals surface area contributed by atoms with Crippen molar-refractivity contribution in [1.82, 2.24) is 0 Å². The molecule has 4 atom stereocenters. The molecule has 0 aromatic rings. The van der Waals surface area contributed by atoms with Gasteiger partial charge in [-0.1, -0.05) is 0 Å². The van der Waals surface area contributed by atoms with Gasteiger partial charge in [0.05, 0.1) is 11.4 Å². The van der Waals surface area contributed by atoms with Gasteiger partial charge >= 0.3 is 0 Å². The van der Waals surface area contributed by atoms with Gasteiger partial charge in [0.25, 0.3) is 0 Å². The average Bonchev–Trinajstić information content (AvgIpc) is 2.23. The predicted octanol–water partition coefficient (Wildman–Crippen LogP) is 0.488. The van der Waals surface area contributed by atoms with E-state index in [0.717, 1.165) is 5.75 Å². The summed E-state index contributed by atoms with van der Waals surface area (Å²) >= 11 is 1.90. The van der Waals surface area contributed by atoms with E-state index in [-0.39, 0.29) is 12.4 Å². The molecule has 0 bridgehead atoms. The van der Waals surface area contributed by atoms with Crippen molar-refractivity contribution in [2.75, 3.05) is 20.0 Å². The van der Waals surface area contributed by atoms with Crippen LogP contribution in [0.5, 0.6) is 0 Å². The Kier molecular flexibility index (Phi) is 2.10. The Morgan fingerprint density at radius 3 is 2.64 bits per heavy atom. The van der Waals surface area contributed by atoms with E-state index in [1.54, 1.807) is 14.2 Å². The minimum absolute atomic E-state index is 0.128. The molecule has 2 saturated heterocycles. The van der Waals surface area contributed by atoms with Gasteiger partial charge in [-0.15, -0.1) is 0 Å². The summed E-state index contributed by atoms with van der Waals surface area (Å²) in [5.41, 5.74) is 0. The van der Waals surface area contributed by atoms with Gasteiger partial charge in [0.1, 0.15) is 6.10 Å². The molecule has 0 aliphatic carbocycles. The first kappa shape index (κ1) is 7.86. The number of hydrogen-bond donors (Lipinski definition) is 0. The molecular weight excluding hydrogens is 164 g/mol. The lowest BCUT2D eigenvalue weighted by Crippen LogP contribution is -2.40. The molecule has 4 heteroatoms. The molecule has 0 spiro atoms. The molecule has 2 aliphatic rings. The van der Waals surface area contributed by atoms with Gasteiger partial charge in [0.15, 0.2) is 6.29 Å². The Morgan fingerprint density at radius 2 is 2.18 bits per heavy atom. The van der Waals surface area contributed by atoms with Crippen LogP contribution in [-0.2, 0) is 14.2 Å². The highest BCUT2D eigenvalue weighted by atomic mass is 32.2. The van der Waals surface area contributed by atoms with Gasteiger partial charge in [0, 0.05) is 20.0 Å². The van der Waals surface area contributed by atoms with Crippen molar-refractivity contribution in [3.8, 4) is 0 Å². The van der Waals surface area contributed by atoms with E-state index in [0.29, 0.717) is 11.4 Å². The highest BCUT2D eigenvalue weighted by Gasteiger charge is 2.51. The second kappa shape index (κ2) is 2.94. The lowest BCUT2D eigenvalue weighted by Gasteiger charge is -2.29. The quantitative estimate of drug-likeness (QED) is 0.612. The normalized spacial score (nSPS) is 48.5. The standard InChI is InChI=1S/C7H12O3S/c1-8-5-6-4(3-11-6)10-7(5)9-2/h4-7H,3H2,1-2H3/t4-,5+,6+,7+/m1/s1. The number of rotatable bonds is 2. The fourth-order valence-corrected chi connectivity index (χ4v) is 2.69. The summed E-state index contributed by atoms with van der Waals surface area (Å²) in [7, 11) is 3.37. The zero-order valence-electron chi connectivity index (χ0n) is 6.65. The van der Waals surface area contributed by atoms with E-state index in [4.69, 9.17) is 14.2 Å². The van der Waals surface area contributed by atoms with Crippen molar-refractivity contribution in [1.29, 1.82) is 0 Å².